The minimum Gasteiger partial charge on any atom is -0.125 e. The Hall–Kier alpha value is -1.67. The lowest BCUT2D eigenvalue weighted by molar-refractivity contribution is 0.838. The van der Waals surface area contributed by atoms with Crippen molar-refractivity contribution in [2.75, 3.05) is 0 Å². The van der Waals surface area contributed by atoms with Gasteiger partial charge in [0, 0.05) is 16.7 Å². The second-order valence-electron chi connectivity index (χ2n) is 11.2. The quantitative estimate of drug-likeness (QED) is 0.293. The molecule has 0 bridgehead atoms. The fourth-order valence-electron chi connectivity index (χ4n) is 6.07. The molecule has 0 aliphatic rings. The predicted octanol–water partition coefficient (Wildman–Crippen LogP) is 8.76. The van der Waals surface area contributed by atoms with E-state index < -0.39 is 16.1 Å². The second-order valence-corrected chi connectivity index (χ2v) is 22.4. The number of rotatable bonds is 6. The minimum absolute atomic E-state index is 0.599. The van der Waals surface area contributed by atoms with Crippen molar-refractivity contribution in [2.45, 2.75) is 116 Å². The van der Waals surface area contributed by atoms with Crippen LogP contribution in [-0.2, 0) is 0 Å². The summed E-state index contributed by atoms with van der Waals surface area (Å²) in [6.07, 6.45) is 7.73. The Bertz CT molecular complexity index is 819. The summed E-state index contributed by atoms with van der Waals surface area (Å²) in [6, 6.07) is 6.10. The van der Waals surface area contributed by atoms with E-state index in [0.29, 0.717) is 33.2 Å². The van der Waals surface area contributed by atoms with Gasteiger partial charge in [-0.1, -0.05) is 101 Å². The van der Waals surface area contributed by atoms with Crippen molar-refractivity contribution in [1.29, 1.82) is 0 Å². The van der Waals surface area contributed by atoms with Crippen molar-refractivity contribution in [3.05, 3.63) is 41.3 Å². The van der Waals surface area contributed by atoms with Crippen molar-refractivity contribution in [1.82, 2.24) is 0 Å². The van der Waals surface area contributed by atoms with Crippen LogP contribution in [0.1, 0.15) is 99.8 Å². The molecule has 0 heterocycles. The lowest BCUT2D eigenvalue weighted by Crippen LogP contribution is -2.43. The molecule has 0 aliphatic heterocycles. The van der Waals surface area contributed by atoms with E-state index in [1.165, 1.54) is 0 Å². The molecular weight excluding hydrogens is 417 g/mol. The Balaban J connectivity index is 3.65. The van der Waals surface area contributed by atoms with Gasteiger partial charge in [0.15, 0.2) is 0 Å². The van der Waals surface area contributed by atoms with Crippen molar-refractivity contribution < 1.29 is 0 Å². The molecule has 0 aromatic heterocycles. The van der Waals surface area contributed by atoms with Gasteiger partial charge < -0.3 is 0 Å². The fraction of sp³-hybridized carbons (Fsp3) is 0.600. The van der Waals surface area contributed by atoms with Gasteiger partial charge in [-0.25, -0.2) is 0 Å². The highest BCUT2D eigenvalue weighted by Crippen LogP contribution is 2.41. The maximum absolute atomic E-state index is 7.73. The highest BCUT2D eigenvalue weighted by Gasteiger charge is 2.42. The van der Waals surface area contributed by atoms with Crippen LogP contribution in [0, 0.1) is 35.3 Å². The summed E-state index contributed by atoms with van der Waals surface area (Å²) >= 11 is 0. The SMILES string of the molecule is [C]#Cc1cc(C#C[Si](C(C)C)(C(C)C)C(C)C)cc(C#C[Si](C(C)C)(C(C)C)C(C)C)c1. The van der Waals surface area contributed by atoms with Crippen LogP contribution in [0.25, 0.3) is 0 Å². The number of hydrogen-bond donors (Lipinski definition) is 0. The first-order valence-corrected chi connectivity index (χ1v) is 16.9. The second kappa shape index (κ2) is 11.5. The zero-order valence-electron chi connectivity index (χ0n) is 22.7. The molecule has 1 radical (unpaired) electrons. The lowest BCUT2D eigenvalue weighted by atomic mass is 10.1. The third-order valence-electron chi connectivity index (χ3n) is 7.66. The van der Waals surface area contributed by atoms with Crippen molar-refractivity contribution in [3.8, 4) is 28.8 Å². The van der Waals surface area contributed by atoms with E-state index in [1.807, 2.05) is 12.1 Å². The summed E-state index contributed by atoms with van der Waals surface area (Å²) in [5.41, 5.74) is 13.9. The van der Waals surface area contributed by atoms with Gasteiger partial charge in [0.2, 0.25) is 0 Å². The number of hydrogen-bond acceptors (Lipinski definition) is 0. The topological polar surface area (TPSA) is 0 Å². The van der Waals surface area contributed by atoms with E-state index >= 15 is 0 Å². The third kappa shape index (κ3) is 5.82. The van der Waals surface area contributed by atoms with Crippen LogP contribution in [0.4, 0.5) is 0 Å². The normalized spacial score (nSPS) is 12.3. The smallest absolute Gasteiger partial charge is 0.125 e. The van der Waals surface area contributed by atoms with Crippen LogP contribution < -0.4 is 0 Å². The van der Waals surface area contributed by atoms with E-state index in [2.05, 4.69) is 118 Å². The predicted molar refractivity (Wildman–Crippen MR) is 149 cm³/mol. The molecule has 2 heteroatoms. The van der Waals surface area contributed by atoms with Gasteiger partial charge in [0.1, 0.15) is 16.1 Å². The summed E-state index contributed by atoms with van der Waals surface area (Å²) in [4.78, 5) is 0. The molecule has 0 nitrogen and oxygen atoms in total. The zero-order valence-corrected chi connectivity index (χ0v) is 24.7. The third-order valence-corrected chi connectivity index (χ3v) is 20.2. The standard InChI is InChI=1S/C30H45Si2/c1-14-28-19-29(15-17-31(22(2)3,23(4)5)24(6)7)21-30(20-28)16-18-32(25(8)9,26(10)11)27(12)13/h19-27H,2-13H3. The van der Waals surface area contributed by atoms with Crippen LogP contribution >= 0.6 is 0 Å². The Morgan fingerprint density at radius 2 is 0.750 bits per heavy atom. The summed E-state index contributed by atoms with van der Waals surface area (Å²) in [7, 11) is -3.61. The van der Waals surface area contributed by atoms with Crippen LogP contribution in [0.2, 0.25) is 33.2 Å². The fourth-order valence-corrected chi connectivity index (χ4v) is 16.5. The Morgan fingerprint density at radius 3 is 0.969 bits per heavy atom. The first-order valence-electron chi connectivity index (χ1n) is 12.4. The minimum atomic E-state index is -1.81. The van der Waals surface area contributed by atoms with Gasteiger partial charge in [-0.05, 0) is 57.9 Å². The monoisotopic (exact) mass is 461 g/mol. The molecule has 0 saturated carbocycles. The van der Waals surface area contributed by atoms with Crippen LogP contribution in [0.5, 0.6) is 0 Å². The van der Waals surface area contributed by atoms with E-state index in [-0.39, 0.29) is 0 Å². The van der Waals surface area contributed by atoms with Gasteiger partial charge in [0.25, 0.3) is 0 Å². The maximum atomic E-state index is 7.73. The lowest BCUT2D eigenvalue weighted by Gasteiger charge is -2.38. The molecule has 1 aromatic rings. The van der Waals surface area contributed by atoms with E-state index in [9.17, 15) is 0 Å². The molecule has 0 amide bonds. The summed E-state index contributed by atoms with van der Waals surface area (Å²) in [5, 5.41) is 0. The molecule has 173 valence electrons. The first-order chi connectivity index (χ1) is 14.7. The van der Waals surface area contributed by atoms with E-state index in [4.69, 9.17) is 6.42 Å². The largest absolute Gasteiger partial charge is 0.146 e. The van der Waals surface area contributed by atoms with Gasteiger partial charge in [0.05, 0.1) is 0 Å². The average Bonchev–Trinajstić information content (AvgIpc) is 2.67. The molecule has 0 aliphatic carbocycles. The maximum Gasteiger partial charge on any atom is 0.146 e. The molecule has 0 fully saturated rings. The molecule has 0 atom stereocenters. The van der Waals surface area contributed by atoms with E-state index in [1.54, 1.807) is 0 Å². The highest BCUT2D eigenvalue weighted by atomic mass is 28.3. The summed E-state index contributed by atoms with van der Waals surface area (Å²) in [6.45, 7) is 28.1. The highest BCUT2D eigenvalue weighted by molar-refractivity contribution is 6.91. The Morgan fingerprint density at radius 1 is 0.500 bits per heavy atom. The molecular formula is C30H45Si2. The van der Waals surface area contributed by atoms with Gasteiger partial charge in [-0.3, -0.25) is 0 Å². The first kappa shape index (κ1) is 28.4. The molecule has 32 heavy (non-hydrogen) atoms. The molecule has 0 N–H and O–H groups in total. The van der Waals surface area contributed by atoms with Crippen LogP contribution in [0.3, 0.4) is 0 Å². The van der Waals surface area contributed by atoms with Gasteiger partial charge in [-0.2, -0.15) is 0 Å². The molecule has 0 spiro atoms. The molecule has 0 saturated heterocycles. The van der Waals surface area contributed by atoms with Crippen molar-refractivity contribution >= 4 is 16.1 Å². The zero-order chi connectivity index (χ0) is 24.9. The Labute approximate surface area is 202 Å². The average molecular weight is 462 g/mol. The molecule has 1 aromatic carbocycles. The van der Waals surface area contributed by atoms with Gasteiger partial charge >= 0.3 is 0 Å². The molecule has 1 rings (SSSR count). The van der Waals surface area contributed by atoms with E-state index in [0.717, 1.165) is 16.7 Å². The van der Waals surface area contributed by atoms with Crippen LogP contribution in [-0.4, -0.2) is 16.1 Å². The Kier molecular flexibility index (Phi) is 10.2. The molecule has 0 unspecified atom stereocenters. The summed E-state index contributed by atoms with van der Waals surface area (Å²) < 4.78 is 0. The van der Waals surface area contributed by atoms with Crippen molar-refractivity contribution in [2.24, 2.45) is 0 Å². The number of benzene rings is 1. The van der Waals surface area contributed by atoms with Crippen LogP contribution in [0.15, 0.2) is 18.2 Å². The van der Waals surface area contributed by atoms with Gasteiger partial charge in [-0.15, -0.1) is 11.1 Å². The van der Waals surface area contributed by atoms with Crippen molar-refractivity contribution in [3.63, 3.8) is 0 Å². The summed E-state index contributed by atoms with van der Waals surface area (Å²) in [5.74, 6) is 9.66.